The van der Waals surface area contributed by atoms with Gasteiger partial charge in [0.15, 0.2) is 0 Å². The Hall–Kier alpha value is 0.310. The van der Waals surface area contributed by atoms with E-state index in [0.717, 1.165) is 22.5 Å². The molecule has 1 heterocycles. The van der Waals surface area contributed by atoms with Gasteiger partial charge in [0.05, 0.1) is 0 Å². The Bertz CT molecular complexity index is 233. The van der Waals surface area contributed by atoms with Gasteiger partial charge < -0.3 is 5.32 Å². The maximum absolute atomic E-state index is 3.77. The summed E-state index contributed by atoms with van der Waals surface area (Å²) in [5.74, 6) is 0.924. The van der Waals surface area contributed by atoms with Crippen LogP contribution in [0.3, 0.4) is 0 Å². The van der Waals surface area contributed by atoms with E-state index >= 15 is 0 Å². The van der Waals surface area contributed by atoms with Gasteiger partial charge in [0.2, 0.25) is 0 Å². The molecule has 0 amide bonds. The molecule has 1 nitrogen and oxygen atoms in total. The van der Waals surface area contributed by atoms with Crippen molar-refractivity contribution >= 4 is 11.8 Å². The molecular formula is C14H27NS. The van der Waals surface area contributed by atoms with Crippen molar-refractivity contribution in [3.8, 4) is 0 Å². The van der Waals surface area contributed by atoms with E-state index in [9.17, 15) is 0 Å². The average Bonchev–Trinajstić information content (AvgIpc) is 2.35. The molecule has 1 N–H and O–H groups in total. The summed E-state index contributed by atoms with van der Waals surface area (Å²) in [7, 11) is 0. The maximum atomic E-state index is 3.77. The molecule has 0 aromatic heterocycles. The zero-order valence-corrected chi connectivity index (χ0v) is 12.1. The van der Waals surface area contributed by atoms with Crippen LogP contribution in [-0.4, -0.2) is 23.1 Å². The highest BCUT2D eigenvalue weighted by molar-refractivity contribution is 8.00. The molecule has 1 saturated heterocycles. The predicted molar refractivity (Wildman–Crippen MR) is 74.0 cm³/mol. The first-order valence-corrected chi connectivity index (χ1v) is 7.80. The van der Waals surface area contributed by atoms with Gasteiger partial charge in [0, 0.05) is 16.5 Å². The van der Waals surface area contributed by atoms with Crippen LogP contribution in [0, 0.1) is 11.3 Å². The van der Waals surface area contributed by atoms with Crippen molar-refractivity contribution in [2.75, 3.05) is 6.54 Å². The van der Waals surface area contributed by atoms with Gasteiger partial charge in [0.25, 0.3) is 0 Å². The van der Waals surface area contributed by atoms with Crippen molar-refractivity contribution < 1.29 is 0 Å². The minimum absolute atomic E-state index is 0.501. The first kappa shape index (κ1) is 12.8. The van der Waals surface area contributed by atoms with E-state index in [0.29, 0.717) is 5.41 Å². The smallest absolute Gasteiger partial charge is 0.0206 e. The van der Waals surface area contributed by atoms with Crippen molar-refractivity contribution in [1.29, 1.82) is 0 Å². The van der Waals surface area contributed by atoms with Crippen LogP contribution in [0.25, 0.3) is 0 Å². The van der Waals surface area contributed by atoms with Gasteiger partial charge in [-0.15, -0.1) is 0 Å². The standard InChI is InChI=1S/C14H27NS/c1-10-7-8-15-12-6-5-11(14(2,3)4)9-13(12)16-10/h10-13,15H,5-9H2,1-4H3. The lowest BCUT2D eigenvalue weighted by molar-refractivity contribution is 0.166. The van der Waals surface area contributed by atoms with Crippen LogP contribution < -0.4 is 5.32 Å². The molecule has 0 aromatic carbocycles. The molecule has 16 heavy (non-hydrogen) atoms. The summed E-state index contributed by atoms with van der Waals surface area (Å²) in [4.78, 5) is 0. The molecular weight excluding hydrogens is 214 g/mol. The first-order valence-electron chi connectivity index (χ1n) is 6.85. The summed E-state index contributed by atoms with van der Waals surface area (Å²) in [5, 5.41) is 5.48. The van der Waals surface area contributed by atoms with Gasteiger partial charge in [-0.25, -0.2) is 0 Å². The second kappa shape index (κ2) is 4.89. The SMILES string of the molecule is CC1CCNC2CCC(C(C)(C)C)CC2S1. The Morgan fingerprint density at radius 1 is 1.12 bits per heavy atom. The number of fused-ring (bicyclic) bond motifs is 1. The van der Waals surface area contributed by atoms with E-state index < -0.39 is 0 Å². The Balaban J connectivity index is 2.00. The Morgan fingerprint density at radius 3 is 2.56 bits per heavy atom. The largest absolute Gasteiger partial charge is 0.313 e. The lowest BCUT2D eigenvalue weighted by atomic mass is 9.71. The fourth-order valence-electron chi connectivity index (χ4n) is 3.14. The highest BCUT2D eigenvalue weighted by Crippen LogP contribution is 2.43. The van der Waals surface area contributed by atoms with Crippen molar-refractivity contribution in [3.05, 3.63) is 0 Å². The number of hydrogen-bond donors (Lipinski definition) is 1. The monoisotopic (exact) mass is 241 g/mol. The summed E-state index contributed by atoms with van der Waals surface area (Å²) in [5.41, 5.74) is 0.501. The molecule has 2 heteroatoms. The number of thioether (sulfide) groups is 1. The van der Waals surface area contributed by atoms with E-state index in [4.69, 9.17) is 0 Å². The molecule has 4 atom stereocenters. The molecule has 94 valence electrons. The molecule has 1 aliphatic carbocycles. The lowest BCUT2D eigenvalue weighted by Crippen LogP contribution is -2.43. The van der Waals surface area contributed by atoms with Crippen LogP contribution in [0.5, 0.6) is 0 Å². The molecule has 0 spiro atoms. The topological polar surface area (TPSA) is 12.0 Å². The fraction of sp³-hybridized carbons (Fsp3) is 1.00. The van der Waals surface area contributed by atoms with Gasteiger partial charge in [-0.1, -0.05) is 27.7 Å². The Labute approximate surface area is 105 Å². The summed E-state index contributed by atoms with van der Waals surface area (Å²) >= 11 is 2.25. The van der Waals surface area contributed by atoms with Crippen LogP contribution in [0.4, 0.5) is 0 Å². The van der Waals surface area contributed by atoms with E-state index in [-0.39, 0.29) is 0 Å². The second-order valence-electron chi connectivity index (χ2n) is 6.71. The predicted octanol–water partition coefficient (Wildman–Crippen LogP) is 3.68. The third-order valence-corrected chi connectivity index (χ3v) is 5.95. The number of rotatable bonds is 0. The van der Waals surface area contributed by atoms with Gasteiger partial charge in [-0.3, -0.25) is 0 Å². The lowest BCUT2D eigenvalue weighted by Gasteiger charge is -2.41. The summed E-state index contributed by atoms with van der Waals surface area (Å²) in [6.07, 6.45) is 5.59. The van der Waals surface area contributed by atoms with Gasteiger partial charge in [-0.05, 0) is 43.6 Å². The van der Waals surface area contributed by atoms with Crippen LogP contribution >= 0.6 is 11.8 Å². The third kappa shape index (κ3) is 2.95. The van der Waals surface area contributed by atoms with Crippen LogP contribution in [-0.2, 0) is 0 Å². The Kier molecular flexibility index (Phi) is 3.90. The van der Waals surface area contributed by atoms with Crippen molar-refractivity contribution in [3.63, 3.8) is 0 Å². The number of hydrogen-bond acceptors (Lipinski definition) is 2. The minimum Gasteiger partial charge on any atom is -0.313 e. The maximum Gasteiger partial charge on any atom is 0.0206 e. The van der Waals surface area contributed by atoms with Gasteiger partial charge in [0.1, 0.15) is 0 Å². The minimum atomic E-state index is 0.501. The van der Waals surface area contributed by atoms with E-state index in [1.54, 1.807) is 0 Å². The number of nitrogens with one attached hydrogen (secondary N) is 1. The summed E-state index contributed by atoms with van der Waals surface area (Å²) < 4.78 is 0. The zero-order valence-electron chi connectivity index (χ0n) is 11.3. The van der Waals surface area contributed by atoms with E-state index in [2.05, 4.69) is 44.8 Å². The molecule has 1 saturated carbocycles. The molecule has 2 rings (SSSR count). The Morgan fingerprint density at radius 2 is 1.88 bits per heavy atom. The zero-order chi connectivity index (χ0) is 11.8. The van der Waals surface area contributed by atoms with Crippen molar-refractivity contribution in [2.24, 2.45) is 11.3 Å². The second-order valence-corrected chi connectivity index (χ2v) is 8.39. The first-order chi connectivity index (χ1) is 7.47. The molecule has 0 radical (unpaired) electrons. The van der Waals surface area contributed by atoms with Crippen LogP contribution in [0.15, 0.2) is 0 Å². The molecule has 2 aliphatic rings. The molecule has 1 aliphatic heterocycles. The highest BCUT2D eigenvalue weighted by Gasteiger charge is 2.37. The van der Waals surface area contributed by atoms with Gasteiger partial charge >= 0.3 is 0 Å². The quantitative estimate of drug-likeness (QED) is 0.694. The molecule has 0 aromatic rings. The highest BCUT2D eigenvalue weighted by atomic mass is 32.2. The van der Waals surface area contributed by atoms with Crippen LogP contribution in [0.2, 0.25) is 0 Å². The van der Waals surface area contributed by atoms with Crippen molar-refractivity contribution in [1.82, 2.24) is 5.32 Å². The molecule has 0 bridgehead atoms. The van der Waals surface area contributed by atoms with Gasteiger partial charge in [-0.2, -0.15) is 11.8 Å². The molecule has 2 fully saturated rings. The normalized spacial score (nSPS) is 41.2. The van der Waals surface area contributed by atoms with E-state index in [1.807, 2.05) is 0 Å². The average molecular weight is 241 g/mol. The fourth-order valence-corrected chi connectivity index (χ4v) is 4.75. The third-order valence-electron chi connectivity index (χ3n) is 4.38. The van der Waals surface area contributed by atoms with E-state index in [1.165, 1.54) is 32.2 Å². The summed E-state index contributed by atoms with van der Waals surface area (Å²) in [6, 6.07) is 0.800. The molecule has 4 unspecified atom stereocenters. The summed E-state index contributed by atoms with van der Waals surface area (Å²) in [6.45, 7) is 10.9. The van der Waals surface area contributed by atoms with Crippen LogP contribution in [0.1, 0.15) is 53.4 Å². The van der Waals surface area contributed by atoms with Crippen molar-refractivity contribution in [2.45, 2.75) is 69.9 Å².